The van der Waals surface area contributed by atoms with Crippen molar-refractivity contribution in [2.45, 2.75) is 13.3 Å². The first kappa shape index (κ1) is 13.5. The number of halogens is 2. The molecule has 0 saturated heterocycles. The van der Waals surface area contributed by atoms with Gasteiger partial charge in [0.2, 0.25) is 0 Å². The van der Waals surface area contributed by atoms with Crippen LogP contribution in [-0.4, -0.2) is 34.2 Å². The lowest BCUT2D eigenvalue weighted by atomic mass is 10.2. The van der Waals surface area contributed by atoms with Crippen LogP contribution in [0.15, 0.2) is 18.5 Å². The van der Waals surface area contributed by atoms with Crippen LogP contribution in [0.5, 0.6) is 0 Å². The Balaban J connectivity index is 2.79. The van der Waals surface area contributed by atoms with Crippen molar-refractivity contribution in [2.24, 2.45) is 0 Å². The molecule has 1 heterocycles. The van der Waals surface area contributed by atoms with Crippen LogP contribution in [0.1, 0.15) is 23.7 Å². The summed E-state index contributed by atoms with van der Waals surface area (Å²) < 4.78 is 0. The summed E-state index contributed by atoms with van der Waals surface area (Å²) in [5.74, 6) is -0.0316. The van der Waals surface area contributed by atoms with Crippen molar-refractivity contribution in [1.29, 1.82) is 0 Å². The fourth-order valence-corrected chi connectivity index (χ4v) is 1.82. The summed E-state index contributed by atoms with van der Waals surface area (Å²) in [6, 6.07) is 1.65. The first-order valence-electron chi connectivity index (χ1n) is 5.15. The molecular formula is C11H14BrClN2O. The van der Waals surface area contributed by atoms with E-state index in [1.165, 1.54) is 6.20 Å². The maximum absolute atomic E-state index is 12.1. The molecule has 1 rings (SSSR count). The highest BCUT2D eigenvalue weighted by Crippen LogP contribution is 2.15. The lowest BCUT2D eigenvalue weighted by Crippen LogP contribution is -2.32. The molecule has 16 heavy (non-hydrogen) atoms. The quantitative estimate of drug-likeness (QED) is 0.784. The van der Waals surface area contributed by atoms with Crippen molar-refractivity contribution in [3.63, 3.8) is 0 Å². The van der Waals surface area contributed by atoms with E-state index in [1.807, 2.05) is 6.92 Å². The molecule has 0 atom stereocenters. The summed E-state index contributed by atoms with van der Waals surface area (Å²) in [5.41, 5.74) is 0.521. The summed E-state index contributed by atoms with van der Waals surface area (Å²) in [7, 11) is 0. The first-order chi connectivity index (χ1) is 7.70. The Bertz CT molecular complexity index is 360. The number of pyridine rings is 1. The highest BCUT2D eigenvalue weighted by Gasteiger charge is 2.16. The lowest BCUT2D eigenvalue weighted by Gasteiger charge is -2.20. The average Bonchev–Trinajstić information content (AvgIpc) is 2.30. The smallest absolute Gasteiger partial charge is 0.255 e. The van der Waals surface area contributed by atoms with Gasteiger partial charge in [0.05, 0.1) is 10.6 Å². The molecule has 0 bridgehead atoms. The second-order valence-electron chi connectivity index (χ2n) is 3.28. The van der Waals surface area contributed by atoms with E-state index in [4.69, 9.17) is 11.6 Å². The van der Waals surface area contributed by atoms with E-state index < -0.39 is 0 Å². The number of alkyl halides is 1. The van der Waals surface area contributed by atoms with Crippen LogP contribution in [0.4, 0.5) is 0 Å². The zero-order chi connectivity index (χ0) is 12.0. The zero-order valence-corrected chi connectivity index (χ0v) is 11.5. The van der Waals surface area contributed by atoms with E-state index in [1.54, 1.807) is 17.2 Å². The molecule has 88 valence electrons. The molecule has 0 saturated carbocycles. The molecule has 0 unspecified atom stereocenters. The van der Waals surface area contributed by atoms with E-state index in [0.717, 1.165) is 18.3 Å². The summed E-state index contributed by atoms with van der Waals surface area (Å²) >= 11 is 9.29. The van der Waals surface area contributed by atoms with Crippen LogP contribution < -0.4 is 0 Å². The highest BCUT2D eigenvalue weighted by molar-refractivity contribution is 9.09. The van der Waals surface area contributed by atoms with Crippen molar-refractivity contribution in [2.75, 3.05) is 18.4 Å². The third-order valence-corrected chi connectivity index (χ3v) is 3.10. The average molecular weight is 306 g/mol. The molecule has 5 heteroatoms. The second kappa shape index (κ2) is 6.86. The molecule has 0 aliphatic carbocycles. The van der Waals surface area contributed by atoms with Crippen molar-refractivity contribution in [3.05, 3.63) is 29.0 Å². The van der Waals surface area contributed by atoms with Crippen LogP contribution >= 0.6 is 27.5 Å². The van der Waals surface area contributed by atoms with E-state index in [9.17, 15) is 4.79 Å². The number of hydrogen-bond acceptors (Lipinski definition) is 2. The van der Waals surface area contributed by atoms with Crippen molar-refractivity contribution >= 4 is 33.4 Å². The Hall–Kier alpha value is -0.610. The molecular weight excluding hydrogens is 291 g/mol. The maximum atomic E-state index is 12.1. The van der Waals surface area contributed by atoms with Crippen molar-refractivity contribution in [3.8, 4) is 0 Å². The van der Waals surface area contributed by atoms with Crippen LogP contribution in [0.2, 0.25) is 5.02 Å². The minimum Gasteiger partial charge on any atom is -0.339 e. The molecule has 1 aromatic rings. The molecule has 0 spiro atoms. The Morgan fingerprint density at radius 2 is 2.38 bits per heavy atom. The Kier molecular flexibility index (Phi) is 5.77. The van der Waals surface area contributed by atoms with Crippen LogP contribution in [-0.2, 0) is 0 Å². The maximum Gasteiger partial charge on any atom is 0.255 e. The molecule has 1 amide bonds. The van der Waals surface area contributed by atoms with Crippen LogP contribution in [0.3, 0.4) is 0 Å². The predicted octanol–water partition coefficient (Wildman–Crippen LogP) is 2.98. The van der Waals surface area contributed by atoms with Crippen LogP contribution in [0.25, 0.3) is 0 Å². The number of amides is 1. The fraction of sp³-hybridized carbons (Fsp3) is 0.455. The molecule has 0 radical (unpaired) electrons. The number of rotatable bonds is 5. The van der Waals surface area contributed by atoms with Gasteiger partial charge in [-0.1, -0.05) is 27.5 Å². The van der Waals surface area contributed by atoms with E-state index in [0.29, 0.717) is 17.1 Å². The topological polar surface area (TPSA) is 33.2 Å². The molecule has 0 N–H and O–H groups in total. The summed E-state index contributed by atoms with van der Waals surface area (Å²) in [4.78, 5) is 17.7. The largest absolute Gasteiger partial charge is 0.339 e. The zero-order valence-electron chi connectivity index (χ0n) is 9.12. The van der Waals surface area contributed by atoms with E-state index in [2.05, 4.69) is 20.9 Å². The fourth-order valence-electron chi connectivity index (χ4n) is 1.37. The minimum atomic E-state index is -0.0316. The monoisotopic (exact) mass is 304 g/mol. The van der Waals surface area contributed by atoms with Gasteiger partial charge in [0, 0.05) is 30.8 Å². The van der Waals surface area contributed by atoms with Gasteiger partial charge in [0.15, 0.2) is 0 Å². The molecule has 0 aliphatic heterocycles. The predicted molar refractivity (Wildman–Crippen MR) is 69.2 cm³/mol. The third-order valence-electron chi connectivity index (χ3n) is 2.23. The highest BCUT2D eigenvalue weighted by atomic mass is 79.9. The Morgan fingerprint density at radius 3 is 2.94 bits per heavy atom. The molecule has 0 aromatic carbocycles. The van der Waals surface area contributed by atoms with Gasteiger partial charge in [-0.3, -0.25) is 9.78 Å². The lowest BCUT2D eigenvalue weighted by molar-refractivity contribution is 0.0765. The summed E-state index contributed by atoms with van der Waals surface area (Å²) in [6.07, 6.45) is 4.01. The second-order valence-corrected chi connectivity index (χ2v) is 4.48. The van der Waals surface area contributed by atoms with E-state index in [-0.39, 0.29) is 5.91 Å². The molecule has 0 aliphatic rings. The number of aromatic nitrogens is 1. The van der Waals surface area contributed by atoms with E-state index >= 15 is 0 Å². The first-order valence-corrected chi connectivity index (χ1v) is 6.65. The van der Waals surface area contributed by atoms with Gasteiger partial charge < -0.3 is 4.90 Å². The number of carbonyl (C=O) groups excluding carboxylic acids is 1. The van der Waals surface area contributed by atoms with Gasteiger partial charge in [-0.25, -0.2) is 0 Å². The SMILES string of the molecule is CCN(CCCBr)C(=O)c1ccncc1Cl. The van der Waals surface area contributed by atoms with Gasteiger partial charge in [-0.2, -0.15) is 0 Å². The standard InChI is InChI=1S/C11H14BrClN2O/c1-2-15(7-3-5-12)11(16)9-4-6-14-8-10(9)13/h4,6,8H,2-3,5,7H2,1H3. The molecule has 0 fully saturated rings. The van der Waals surface area contributed by atoms with Gasteiger partial charge in [0.1, 0.15) is 0 Å². The normalized spacial score (nSPS) is 10.2. The molecule has 1 aromatic heterocycles. The van der Waals surface area contributed by atoms with Gasteiger partial charge >= 0.3 is 0 Å². The third kappa shape index (κ3) is 3.46. The summed E-state index contributed by atoms with van der Waals surface area (Å²) in [6.45, 7) is 3.38. The minimum absolute atomic E-state index is 0.0316. The van der Waals surface area contributed by atoms with Crippen molar-refractivity contribution < 1.29 is 4.79 Å². The Labute approximate surface area is 109 Å². The Morgan fingerprint density at radius 1 is 1.62 bits per heavy atom. The number of nitrogens with zero attached hydrogens (tertiary/aromatic N) is 2. The van der Waals surface area contributed by atoms with Crippen molar-refractivity contribution in [1.82, 2.24) is 9.88 Å². The van der Waals surface area contributed by atoms with Gasteiger partial charge in [-0.15, -0.1) is 0 Å². The number of carbonyl (C=O) groups is 1. The molecule has 3 nitrogen and oxygen atoms in total. The summed E-state index contributed by atoms with van der Waals surface area (Å²) in [5, 5.41) is 1.30. The van der Waals surface area contributed by atoms with Gasteiger partial charge in [-0.05, 0) is 19.4 Å². The van der Waals surface area contributed by atoms with Gasteiger partial charge in [0.25, 0.3) is 5.91 Å². The van der Waals surface area contributed by atoms with Crippen LogP contribution in [0, 0.1) is 0 Å². The number of hydrogen-bond donors (Lipinski definition) is 0.